The van der Waals surface area contributed by atoms with E-state index in [1.165, 1.54) is 11.3 Å². The highest BCUT2D eigenvalue weighted by Gasteiger charge is 2.36. The van der Waals surface area contributed by atoms with E-state index in [2.05, 4.69) is 11.4 Å². The van der Waals surface area contributed by atoms with E-state index in [0.29, 0.717) is 25.3 Å². The Hall–Kier alpha value is -3.89. The van der Waals surface area contributed by atoms with Crippen molar-refractivity contribution in [1.29, 1.82) is 5.26 Å². The molecule has 0 aliphatic carbocycles. The number of fused-ring (bicyclic) bond motifs is 1. The SMILES string of the molecule is N#Cc1c(N2CC(C(=O)Nc3cccs3)C2)c2ccccc2n(Cc2ccccc2)c1=O. The molecule has 1 aliphatic heterocycles. The molecular formula is C25H20N4O2S. The fourth-order valence-electron chi connectivity index (χ4n) is 4.14. The third kappa shape index (κ3) is 3.55. The Morgan fingerprint density at radius 3 is 2.53 bits per heavy atom. The maximum atomic E-state index is 13.3. The number of rotatable bonds is 5. The van der Waals surface area contributed by atoms with Gasteiger partial charge in [0.25, 0.3) is 5.56 Å². The standard InChI is InChI=1S/C25H20N4O2S/c26-13-20-23(28-15-18(16-28)24(30)27-22-11-6-12-32-22)19-9-4-5-10-21(19)29(25(20)31)14-17-7-2-1-3-8-17/h1-12,18H,14-16H2,(H,27,30). The number of anilines is 2. The van der Waals surface area contributed by atoms with Gasteiger partial charge in [-0.1, -0.05) is 48.5 Å². The fraction of sp³-hybridized carbons (Fsp3) is 0.160. The van der Waals surface area contributed by atoms with Gasteiger partial charge in [-0.2, -0.15) is 5.26 Å². The number of benzene rings is 2. The summed E-state index contributed by atoms with van der Waals surface area (Å²) < 4.78 is 1.66. The number of hydrogen-bond acceptors (Lipinski definition) is 5. The van der Waals surface area contributed by atoms with Crippen LogP contribution in [-0.2, 0) is 11.3 Å². The van der Waals surface area contributed by atoms with Crippen molar-refractivity contribution in [2.75, 3.05) is 23.3 Å². The molecule has 1 saturated heterocycles. The molecule has 2 aromatic carbocycles. The van der Waals surface area contributed by atoms with Crippen LogP contribution in [0.15, 0.2) is 76.9 Å². The number of nitriles is 1. The van der Waals surface area contributed by atoms with Crippen LogP contribution in [0, 0.1) is 17.2 Å². The Kier molecular flexibility index (Phi) is 5.21. The average molecular weight is 441 g/mol. The minimum Gasteiger partial charge on any atom is -0.368 e. The highest BCUT2D eigenvalue weighted by Crippen LogP contribution is 2.34. The summed E-state index contributed by atoms with van der Waals surface area (Å²) in [7, 11) is 0. The first kappa shape index (κ1) is 20.0. The van der Waals surface area contributed by atoms with Crippen molar-refractivity contribution in [2.24, 2.45) is 5.92 Å². The van der Waals surface area contributed by atoms with E-state index in [1.807, 2.05) is 77.0 Å². The number of carbonyl (C=O) groups is 1. The largest absolute Gasteiger partial charge is 0.368 e. The molecule has 32 heavy (non-hydrogen) atoms. The zero-order valence-corrected chi connectivity index (χ0v) is 18.0. The quantitative estimate of drug-likeness (QED) is 0.508. The van der Waals surface area contributed by atoms with Gasteiger partial charge in [0.05, 0.1) is 28.7 Å². The lowest BCUT2D eigenvalue weighted by atomic mass is 9.95. The van der Waals surface area contributed by atoms with Gasteiger partial charge in [-0.05, 0) is 29.1 Å². The molecule has 0 atom stereocenters. The summed E-state index contributed by atoms with van der Waals surface area (Å²) in [5.41, 5.74) is 2.21. The monoisotopic (exact) mass is 440 g/mol. The molecule has 5 rings (SSSR count). The number of nitrogens with zero attached hydrogens (tertiary/aromatic N) is 3. The second-order valence-corrected chi connectivity index (χ2v) is 8.75. The van der Waals surface area contributed by atoms with Crippen molar-refractivity contribution < 1.29 is 4.79 Å². The van der Waals surface area contributed by atoms with Gasteiger partial charge >= 0.3 is 0 Å². The van der Waals surface area contributed by atoms with Crippen LogP contribution in [0.2, 0.25) is 0 Å². The molecule has 6 nitrogen and oxygen atoms in total. The number of hydrogen-bond donors (Lipinski definition) is 1. The Labute approximate surface area is 189 Å². The number of thiophene rings is 1. The molecule has 0 bridgehead atoms. The highest BCUT2D eigenvalue weighted by molar-refractivity contribution is 7.14. The predicted molar refractivity (Wildman–Crippen MR) is 127 cm³/mol. The summed E-state index contributed by atoms with van der Waals surface area (Å²) in [6, 6.07) is 23.3. The lowest BCUT2D eigenvalue weighted by molar-refractivity contribution is -0.120. The topological polar surface area (TPSA) is 78.1 Å². The Bertz CT molecular complexity index is 1380. The second-order valence-electron chi connectivity index (χ2n) is 7.80. The maximum absolute atomic E-state index is 13.3. The molecule has 4 aromatic rings. The zero-order chi connectivity index (χ0) is 22.1. The van der Waals surface area contributed by atoms with Gasteiger partial charge in [0.2, 0.25) is 5.91 Å². The van der Waals surface area contributed by atoms with E-state index >= 15 is 0 Å². The van der Waals surface area contributed by atoms with Crippen LogP contribution in [0.25, 0.3) is 10.9 Å². The molecule has 0 radical (unpaired) electrons. The first-order valence-electron chi connectivity index (χ1n) is 10.3. The molecule has 1 amide bonds. The number of amides is 1. The van der Waals surface area contributed by atoms with E-state index in [9.17, 15) is 14.9 Å². The van der Waals surface area contributed by atoms with Crippen LogP contribution < -0.4 is 15.8 Å². The highest BCUT2D eigenvalue weighted by atomic mass is 32.1. The first-order chi connectivity index (χ1) is 15.7. The first-order valence-corrected chi connectivity index (χ1v) is 11.2. The lowest BCUT2D eigenvalue weighted by Gasteiger charge is -2.41. The number of aromatic nitrogens is 1. The number of carbonyl (C=O) groups excluding carboxylic acids is 1. The molecule has 1 N–H and O–H groups in total. The summed E-state index contributed by atoms with van der Waals surface area (Å²) >= 11 is 1.48. The molecular weight excluding hydrogens is 420 g/mol. The molecule has 1 fully saturated rings. The number of nitrogens with one attached hydrogen (secondary N) is 1. The van der Waals surface area contributed by atoms with Crippen molar-refractivity contribution in [1.82, 2.24) is 4.57 Å². The molecule has 1 aliphatic rings. The van der Waals surface area contributed by atoms with Gasteiger partial charge in [0, 0.05) is 18.5 Å². The number of pyridine rings is 1. The molecule has 3 heterocycles. The van der Waals surface area contributed by atoms with Gasteiger partial charge < -0.3 is 14.8 Å². The van der Waals surface area contributed by atoms with Crippen LogP contribution in [0.1, 0.15) is 11.1 Å². The molecule has 0 unspecified atom stereocenters. The van der Waals surface area contributed by atoms with Gasteiger partial charge in [-0.3, -0.25) is 9.59 Å². The van der Waals surface area contributed by atoms with Crippen molar-refractivity contribution >= 4 is 38.8 Å². The van der Waals surface area contributed by atoms with Gasteiger partial charge in [-0.25, -0.2) is 0 Å². The zero-order valence-electron chi connectivity index (χ0n) is 17.2. The van der Waals surface area contributed by atoms with Crippen molar-refractivity contribution in [3.05, 3.63) is 93.6 Å². The van der Waals surface area contributed by atoms with E-state index in [0.717, 1.165) is 21.5 Å². The summed E-state index contributed by atoms with van der Waals surface area (Å²) in [4.78, 5) is 27.9. The van der Waals surface area contributed by atoms with Gasteiger partial charge in [-0.15, -0.1) is 11.3 Å². The molecule has 2 aromatic heterocycles. The Morgan fingerprint density at radius 1 is 1.06 bits per heavy atom. The second kappa shape index (κ2) is 8.33. The normalized spacial score (nSPS) is 13.5. The van der Waals surface area contributed by atoms with Crippen LogP contribution in [0.4, 0.5) is 10.7 Å². The summed E-state index contributed by atoms with van der Waals surface area (Å²) in [6.07, 6.45) is 0. The van der Waals surface area contributed by atoms with Crippen molar-refractivity contribution in [3.63, 3.8) is 0 Å². The van der Waals surface area contributed by atoms with E-state index < -0.39 is 0 Å². The predicted octanol–water partition coefficient (Wildman–Crippen LogP) is 4.06. The maximum Gasteiger partial charge on any atom is 0.271 e. The molecule has 0 saturated carbocycles. The van der Waals surface area contributed by atoms with E-state index in [1.54, 1.807) is 4.57 Å². The average Bonchev–Trinajstić information content (AvgIpc) is 3.29. The molecule has 7 heteroatoms. The summed E-state index contributed by atoms with van der Waals surface area (Å²) in [5.74, 6) is -0.224. The van der Waals surface area contributed by atoms with E-state index in [-0.39, 0.29) is 22.9 Å². The summed E-state index contributed by atoms with van der Waals surface area (Å²) in [6.45, 7) is 1.33. The smallest absolute Gasteiger partial charge is 0.271 e. The lowest BCUT2D eigenvalue weighted by Crippen LogP contribution is -2.53. The molecule has 0 spiro atoms. The third-order valence-electron chi connectivity index (χ3n) is 5.78. The van der Waals surface area contributed by atoms with Gasteiger partial charge in [0.1, 0.15) is 11.6 Å². The van der Waals surface area contributed by atoms with Crippen molar-refractivity contribution in [2.45, 2.75) is 6.54 Å². The third-order valence-corrected chi connectivity index (χ3v) is 6.56. The van der Waals surface area contributed by atoms with Crippen LogP contribution in [-0.4, -0.2) is 23.6 Å². The summed E-state index contributed by atoms with van der Waals surface area (Å²) in [5, 5.41) is 16.4. The minimum absolute atomic E-state index is 0.0380. The van der Waals surface area contributed by atoms with Crippen molar-refractivity contribution in [3.8, 4) is 6.07 Å². The van der Waals surface area contributed by atoms with Gasteiger partial charge in [0.15, 0.2) is 0 Å². The minimum atomic E-state index is -0.309. The van der Waals surface area contributed by atoms with E-state index in [4.69, 9.17) is 0 Å². The van der Waals surface area contributed by atoms with Crippen LogP contribution >= 0.6 is 11.3 Å². The fourth-order valence-corrected chi connectivity index (χ4v) is 4.76. The Morgan fingerprint density at radius 2 is 1.81 bits per heavy atom. The number of para-hydroxylation sites is 1. The van der Waals surface area contributed by atoms with Crippen LogP contribution in [0.3, 0.4) is 0 Å². The Balaban J connectivity index is 1.49. The molecule has 158 valence electrons. The van der Waals surface area contributed by atoms with Crippen LogP contribution in [0.5, 0.6) is 0 Å².